The van der Waals surface area contributed by atoms with Crippen molar-refractivity contribution < 1.29 is 23.0 Å². The van der Waals surface area contributed by atoms with Crippen molar-refractivity contribution in [2.75, 3.05) is 6.61 Å². The summed E-state index contributed by atoms with van der Waals surface area (Å²) in [4.78, 5) is 11.5. The number of hydrogen-bond donors (Lipinski definition) is 0. The third kappa shape index (κ3) is 3.54. The smallest absolute Gasteiger partial charge is 0.387 e. The predicted octanol–water partition coefficient (Wildman–Crippen LogP) is 3.88. The molecule has 0 fully saturated rings. The molecule has 0 saturated heterocycles. The Morgan fingerprint density at radius 3 is 2.71 bits per heavy atom. The van der Waals surface area contributed by atoms with Gasteiger partial charge in [-0.1, -0.05) is 11.6 Å². The SMILES string of the molecule is CCOC(=O)c1c(Br)ccc(OC(F)F)c1Cl. The first kappa shape index (κ1) is 14.2. The number of ether oxygens (including phenoxy) is 2. The number of alkyl halides is 2. The molecule has 0 heterocycles. The second-order valence-electron chi connectivity index (χ2n) is 2.83. The van der Waals surface area contributed by atoms with Gasteiger partial charge in [-0.05, 0) is 35.0 Å². The molecule has 0 radical (unpaired) electrons. The molecular weight excluding hydrogens is 321 g/mol. The molecule has 3 nitrogen and oxygen atoms in total. The van der Waals surface area contributed by atoms with Crippen LogP contribution >= 0.6 is 27.5 Å². The number of halogens is 4. The van der Waals surface area contributed by atoms with E-state index in [1.165, 1.54) is 12.1 Å². The van der Waals surface area contributed by atoms with Crippen molar-refractivity contribution in [3.63, 3.8) is 0 Å². The number of esters is 1. The number of benzene rings is 1. The van der Waals surface area contributed by atoms with E-state index in [2.05, 4.69) is 20.7 Å². The molecule has 0 unspecified atom stereocenters. The van der Waals surface area contributed by atoms with Gasteiger partial charge < -0.3 is 9.47 Å². The van der Waals surface area contributed by atoms with Crippen molar-refractivity contribution in [1.29, 1.82) is 0 Å². The predicted molar refractivity (Wildman–Crippen MR) is 61.7 cm³/mol. The van der Waals surface area contributed by atoms with Gasteiger partial charge in [0.15, 0.2) is 0 Å². The van der Waals surface area contributed by atoms with Crippen LogP contribution in [0.5, 0.6) is 5.75 Å². The van der Waals surface area contributed by atoms with E-state index in [-0.39, 0.29) is 22.9 Å². The molecular formula is C10H8BrClF2O3. The Morgan fingerprint density at radius 2 is 2.18 bits per heavy atom. The molecule has 1 rings (SSSR count). The van der Waals surface area contributed by atoms with Crippen LogP contribution in [0.15, 0.2) is 16.6 Å². The zero-order chi connectivity index (χ0) is 13.0. The van der Waals surface area contributed by atoms with Crippen LogP contribution in [-0.4, -0.2) is 19.2 Å². The van der Waals surface area contributed by atoms with E-state index in [0.717, 1.165) is 0 Å². The van der Waals surface area contributed by atoms with E-state index >= 15 is 0 Å². The summed E-state index contributed by atoms with van der Waals surface area (Å²) < 4.78 is 33.4. The Morgan fingerprint density at radius 1 is 1.53 bits per heavy atom. The summed E-state index contributed by atoms with van der Waals surface area (Å²) in [6, 6.07) is 2.62. The highest BCUT2D eigenvalue weighted by molar-refractivity contribution is 9.10. The summed E-state index contributed by atoms with van der Waals surface area (Å²) in [6.45, 7) is -1.23. The summed E-state index contributed by atoms with van der Waals surface area (Å²) in [5, 5.41) is -0.210. The monoisotopic (exact) mass is 328 g/mol. The molecule has 0 bridgehead atoms. The van der Waals surface area contributed by atoms with Crippen LogP contribution in [0.2, 0.25) is 5.02 Å². The van der Waals surface area contributed by atoms with Crippen LogP contribution in [0, 0.1) is 0 Å². The zero-order valence-electron chi connectivity index (χ0n) is 8.68. The van der Waals surface area contributed by atoms with Crippen LogP contribution in [0.25, 0.3) is 0 Å². The van der Waals surface area contributed by atoms with Gasteiger partial charge in [0.05, 0.1) is 17.2 Å². The minimum Gasteiger partial charge on any atom is -0.462 e. The zero-order valence-corrected chi connectivity index (χ0v) is 11.0. The highest BCUT2D eigenvalue weighted by Gasteiger charge is 2.20. The van der Waals surface area contributed by atoms with Gasteiger partial charge in [0.25, 0.3) is 0 Å². The lowest BCUT2D eigenvalue weighted by Gasteiger charge is -2.11. The molecule has 0 atom stereocenters. The number of carbonyl (C=O) groups excluding carboxylic acids is 1. The highest BCUT2D eigenvalue weighted by atomic mass is 79.9. The van der Waals surface area contributed by atoms with E-state index in [0.29, 0.717) is 4.47 Å². The minimum absolute atomic E-state index is 0.0355. The Labute approximate surface area is 110 Å². The summed E-state index contributed by atoms with van der Waals surface area (Å²) in [7, 11) is 0. The van der Waals surface area contributed by atoms with Crippen LogP contribution in [0.1, 0.15) is 17.3 Å². The number of rotatable bonds is 4. The van der Waals surface area contributed by atoms with Gasteiger partial charge in [0, 0.05) is 4.47 Å². The van der Waals surface area contributed by atoms with Crippen molar-refractivity contribution in [2.24, 2.45) is 0 Å². The van der Waals surface area contributed by atoms with Crippen molar-refractivity contribution >= 4 is 33.5 Å². The van der Waals surface area contributed by atoms with Gasteiger partial charge in [0.1, 0.15) is 5.75 Å². The quantitative estimate of drug-likeness (QED) is 0.786. The molecule has 94 valence electrons. The van der Waals surface area contributed by atoms with E-state index in [1.807, 2.05) is 0 Å². The first-order valence-corrected chi connectivity index (χ1v) is 5.74. The second kappa shape index (κ2) is 6.16. The van der Waals surface area contributed by atoms with Crippen molar-refractivity contribution in [2.45, 2.75) is 13.5 Å². The van der Waals surface area contributed by atoms with E-state index in [1.54, 1.807) is 6.92 Å². The molecule has 0 aliphatic carbocycles. The highest BCUT2D eigenvalue weighted by Crippen LogP contribution is 2.34. The lowest BCUT2D eigenvalue weighted by molar-refractivity contribution is -0.0498. The molecule has 0 spiro atoms. The third-order valence-corrected chi connectivity index (χ3v) is 2.79. The average molecular weight is 330 g/mol. The van der Waals surface area contributed by atoms with Gasteiger partial charge >= 0.3 is 12.6 Å². The lowest BCUT2D eigenvalue weighted by Crippen LogP contribution is -2.09. The maximum Gasteiger partial charge on any atom is 0.387 e. The second-order valence-corrected chi connectivity index (χ2v) is 4.07. The Balaban J connectivity index is 3.15. The fraction of sp³-hybridized carbons (Fsp3) is 0.300. The molecule has 1 aromatic rings. The average Bonchev–Trinajstić information content (AvgIpc) is 2.22. The Kier molecular flexibility index (Phi) is 5.14. The molecule has 0 saturated carbocycles. The summed E-state index contributed by atoms with van der Waals surface area (Å²) in [6.07, 6.45) is 0. The van der Waals surface area contributed by atoms with Crippen LogP contribution < -0.4 is 4.74 Å². The van der Waals surface area contributed by atoms with Crippen molar-refractivity contribution in [3.05, 3.63) is 27.2 Å². The first-order valence-electron chi connectivity index (χ1n) is 4.57. The molecule has 17 heavy (non-hydrogen) atoms. The van der Waals surface area contributed by atoms with Gasteiger partial charge in [-0.3, -0.25) is 0 Å². The molecule has 1 aromatic carbocycles. The fourth-order valence-corrected chi connectivity index (χ4v) is 2.00. The largest absolute Gasteiger partial charge is 0.462 e. The molecule has 7 heteroatoms. The summed E-state index contributed by atoms with van der Waals surface area (Å²) >= 11 is 8.89. The number of hydrogen-bond acceptors (Lipinski definition) is 3. The van der Waals surface area contributed by atoms with Crippen LogP contribution in [-0.2, 0) is 4.74 Å². The van der Waals surface area contributed by atoms with E-state index in [4.69, 9.17) is 16.3 Å². The third-order valence-electron chi connectivity index (χ3n) is 1.75. The maximum absolute atomic E-state index is 12.1. The lowest BCUT2D eigenvalue weighted by atomic mass is 10.2. The van der Waals surface area contributed by atoms with Crippen molar-refractivity contribution in [3.8, 4) is 5.75 Å². The van der Waals surface area contributed by atoms with Crippen molar-refractivity contribution in [1.82, 2.24) is 0 Å². The van der Waals surface area contributed by atoms with Gasteiger partial charge in [-0.15, -0.1) is 0 Å². The van der Waals surface area contributed by atoms with Gasteiger partial charge in [-0.2, -0.15) is 8.78 Å². The molecule has 0 aromatic heterocycles. The van der Waals surface area contributed by atoms with Crippen LogP contribution in [0.4, 0.5) is 8.78 Å². The first-order chi connectivity index (χ1) is 7.97. The molecule has 0 aliphatic heterocycles. The van der Waals surface area contributed by atoms with E-state index < -0.39 is 12.6 Å². The maximum atomic E-state index is 12.1. The Hall–Kier alpha value is -0.880. The van der Waals surface area contributed by atoms with E-state index in [9.17, 15) is 13.6 Å². The fourth-order valence-electron chi connectivity index (χ4n) is 1.11. The van der Waals surface area contributed by atoms with Gasteiger partial charge in [-0.25, -0.2) is 4.79 Å². The molecule has 0 N–H and O–H groups in total. The topological polar surface area (TPSA) is 35.5 Å². The molecule has 0 aliphatic rings. The minimum atomic E-state index is -3.01. The van der Waals surface area contributed by atoms with Crippen LogP contribution in [0.3, 0.4) is 0 Å². The standard InChI is InChI=1S/C10H8BrClF2O3/c1-2-16-9(15)7-5(11)3-4-6(8(7)12)17-10(13)14/h3-4,10H,2H2,1H3. The normalized spacial score (nSPS) is 10.5. The molecule has 0 amide bonds. The Bertz CT molecular complexity index is 426. The summed E-state index contributed by atoms with van der Waals surface area (Å²) in [5.74, 6) is -0.975. The van der Waals surface area contributed by atoms with Gasteiger partial charge in [0.2, 0.25) is 0 Å². The summed E-state index contributed by atoms with van der Waals surface area (Å²) in [5.41, 5.74) is -0.0355. The number of carbonyl (C=O) groups is 1.